The summed E-state index contributed by atoms with van der Waals surface area (Å²) in [5, 5.41) is 11.9. The lowest BCUT2D eigenvalue weighted by Crippen LogP contribution is -2.56. The summed E-state index contributed by atoms with van der Waals surface area (Å²) < 4.78 is 5.15. The first-order valence-corrected chi connectivity index (χ1v) is 10.5. The monoisotopic (exact) mass is 415 g/mol. The van der Waals surface area contributed by atoms with Crippen LogP contribution in [-0.2, 0) is 4.79 Å². The Hall–Kier alpha value is -3.02. The highest BCUT2D eigenvalue weighted by Crippen LogP contribution is 2.27. The van der Waals surface area contributed by atoms with Gasteiger partial charge in [-0.2, -0.15) is 5.26 Å². The Bertz CT molecular complexity index is 774. The maximum absolute atomic E-state index is 12.8. The molecule has 1 aromatic rings. The van der Waals surface area contributed by atoms with Crippen molar-refractivity contribution < 1.29 is 18.8 Å². The lowest BCUT2D eigenvalue weighted by Gasteiger charge is -2.35. The molecule has 1 saturated carbocycles. The minimum atomic E-state index is -0.715. The van der Waals surface area contributed by atoms with Crippen LogP contribution in [0.1, 0.15) is 49.1 Å². The lowest BCUT2D eigenvalue weighted by atomic mass is 9.84. The van der Waals surface area contributed by atoms with Gasteiger partial charge in [-0.25, -0.2) is 4.79 Å². The van der Waals surface area contributed by atoms with Crippen molar-refractivity contribution in [3.05, 3.63) is 24.2 Å². The molecule has 0 spiro atoms. The second-order valence-electron chi connectivity index (χ2n) is 8.00. The van der Waals surface area contributed by atoms with Crippen LogP contribution in [-0.4, -0.2) is 71.8 Å². The van der Waals surface area contributed by atoms with Gasteiger partial charge in [-0.15, -0.1) is 0 Å². The summed E-state index contributed by atoms with van der Waals surface area (Å²) >= 11 is 0. The minimum absolute atomic E-state index is 0.193. The van der Waals surface area contributed by atoms with E-state index in [1.807, 2.05) is 6.19 Å². The number of hydrogen-bond acceptors (Lipinski definition) is 5. The molecule has 4 amide bonds. The summed E-state index contributed by atoms with van der Waals surface area (Å²) in [7, 11) is 1.42. The summed E-state index contributed by atoms with van der Waals surface area (Å²) in [5.74, 6) is 0.0811. The van der Waals surface area contributed by atoms with Crippen LogP contribution in [0.15, 0.2) is 22.8 Å². The van der Waals surface area contributed by atoms with Gasteiger partial charge in [-0.1, -0.05) is 32.1 Å². The van der Waals surface area contributed by atoms with Crippen LogP contribution in [0, 0.1) is 17.4 Å². The van der Waals surface area contributed by atoms with Crippen molar-refractivity contribution in [2.24, 2.45) is 5.92 Å². The molecule has 1 atom stereocenters. The quantitative estimate of drug-likeness (QED) is 0.584. The lowest BCUT2D eigenvalue weighted by molar-refractivity contribution is -0.129. The fourth-order valence-corrected chi connectivity index (χ4v) is 4.17. The van der Waals surface area contributed by atoms with Crippen molar-refractivity contribution >= 4 is 17.8 Å². The van der Waals surface area contributed by atoms with Gasteiger partial charge in [-0.05, 0) is 24.5 Å². The van der Waals surface area contributed by atoms with Gasteiger partial charge in [0, 0.05) is 33.2 Å². The van der Waals surface area contributed by atoms with Gasteiger partial charge in [0.05, 0.1) is 6.26 Å². The molecule has 0 aromatic carbocycles. The molecule has 2 aliphatic rings. The van der Waals surface area contributed by atoms with Gasteiger partial charge < -0.3 is 19.5 Å². The number of nitriles is 1. The summed E-state index contributed by atoms with van der Waals surface area (Å²) in [6, 6.07) is 2.24. The van der Waals surface area contributed by atoms with Gasteiger partial charge in [0.1, 0.15) is 6.04 Å². The van der Waals surface area contributed by atoms with Crippen molar-refractivity contribution in [2.75, 3.05) is 33.2 Å². The molecule has 0 radical (unpaired) electrons. The average molecular weight is 415 g/mol. The van der Waals surface area contributed by atoms with E-state index in [-0.39, 0.29) is 23.6 Å². The summed E-state index contributed by atoms with van der Waals surface area (Å²) in [4.78, 5) is 42.1. The zero-order valence-corrected chi connectivity index (χ0v) is 17.4. The minimum Gasteiger partial charge on any atom is -0.459 e. The number of hydrogen-bond donors (Lipinski definition) is 1. The Morgan fingerprint density at radius 1 is 1.20 bits per heavy atom. The molecule has 3 rings (SSSR count). The SMILES string of the molecule is CN(C#N)C(=O)[C@H](CC1CCCCC1)NC(=O)N1CCN(C(=O)c2ccco2)CC1. The van der Waals surface area contributed by atoms with Gasteiger partial charge in [0.2, 0.25) is 0 Å². The number of urea groups is 1. The molecule has 30 heavy (non-hydrogen) atoms. The average Bonchev–Trinajstić information content (AvgIpc) is 3.33. The van der Waals surface area contributed by atoms with E-state index in [1.54, 1.807) is 21.9 Å². The highest BCUT2D eigenvalue weighted by Gasteiger charge is 2.31. The molecular weight excluding hydrogens is 386 g/mol. The molecule has 1 aromatic heterocycles. The molecule has 0 bridgehead atoms. The normalized spacial score (nSPS) is 18.4. The Labute approximate surface area is 176 Å². The van der Waals surface area contributed by atoms with Crippen molar-refractivity contribution in [2.45, 2.75) is 44.6 Å². The van der Waals surface area contributed by atoms with Crippen LogP contribution in [0.2, 0.25) is 0 Å². The van der Waals surface area contributed by atoms with E-state index in [0.29, 0.717) is 38.5 Å². The Morgan fingerprint density at radius 3 is 2.47 bits per heavy atom. The zero-order valence-electron chi connectivity index (χ0n) is 17.4. The third kappa shape index (κ3) is 5.32. The third-order valence-electron chi connectivity index (χ3n) is 5.96. The summed E-state index contributed by atoms with van der Waals surface area (Å²) in [5.41, 5.74) is 0. The number of furan rings is 1. The van der Waals surface area contributed by atoms with Crippen LogP contribution in [0.4, 0.5) is 4.79 Å². The fraction of sp³-hybridized carbons (Fsp3) is 0.619. The van der Waals surface area contributed by atoms with Crippen molar-refractivity contribution in [3.63, 3.8) is 0 Å². The van der Waals surface area contributed by atoms with Crippen LogP contribution in [0.25, 0.3) is 0 Å². The van der Waals surface area contributed by atoms with Gasteiger partial charge in [0.25, 0.3) is 11.8 Å². The second-order valence-corrected chi connectivity index (χ2v) is 8.00. The summed E-state index contributed by atoms with van der Waals surface area (Å²) in [6.07, 6.45) is 9.41. The first-order valence-electron chi connectivity index (χ1n) is 10.5. The number of piperazine rings is 1. The number of nitrogens with one attached hydrogen (secondary N) is 1. The van der Waals surface area contributed by atoms with Crippen molar-refractivity contribution in [1.29, 1.82) is 5.26 Å². The predicted molar refractivity (Wildman–Crippen MR) is 108 cm³/mol. The van der Waals surface area contributed by atoms with E-state index in [0.717, 1.165) is 30.6 Å². The Morgan fingerprint density at radius 2 is 1.87 bits per heavy atom. The standard InChI is InChI=1S/C21H29N5O4/c1-24(15-22)19(27)17(14-16-6-3-2-4-7-16)23-21(29)26-11-9-25(10-12-26)20(28)18-8-5-13-30-18/h5,8,13,16-17H,2-4,6-7,9-12,14H2,1H3,(H,23,29)/t17-/m0/s1. The molecule has 2 heterocycles. The van der Waals surface area contributed by atoms with E-state index in [4.69, 9.17) is 9.68 Å². The van der Waals surface area contributed by atoms with E-state index in [1.165, 1.54) is 19.7 Å². The van der Waals surface area contributed by atoms with Crippen LogP contribution in [0.5, 0.6) is 0 Å². The zero-order chi connectivity index (χ0) is 21.5. The second kappa shape index (κ2) is 10.1. The fourth-order valence-electron chi connectivity index (χ4n) is 4.17. The first kappa shape index (κ1) is 21.7. The Kier molecular flexibility index (Phi) is 7.33. The molecule has 1 aliphatic heterocycles. The van der Waals surface area contributed by atoms with Gasteiger partial charge >= 0.3 is 6.03 Å². The van der Waals surface area contributed by atoms with Crippen LogP contribution >= 0.6 is 0 Å². The smallest absolute Gasteiger partial charge is 0.318 e. The molecular formula is C21H29N5O4. The molecule has 9 nitrogen and oxygen atoms in total. The highest BCUT2D eigenvalue weighted by molar-refractivity contribution is 5.92. The molecule has 0 unspecified atom stereocenters. The summed E-state index contributed by atoms with van der Waals surface area (Å²) in [6.45, 7) is 1.53. The van der Waals surface area contributed by atoms with E-state index < -0.39 is 6.04 Å². The Balaban J connectivity index is 1.56. The molecule has 1 saturated heterocycles. The largest absolute Gasteiger partial charge is 0.459 e. The predicted octanol–water partition coefficient (Wildman–Crippen LogP) is 2.03. The molecule has 9 heteroatoms. The molecule has 1 N–H and O–H groups in total. The molecule has 162 valence electrons. The number of amides is 4. The number of rotatable bonds is 5. The number of likely N-dealkylation sites (N-methyl/N-ethyl adjacent to an activating group) is 1. The first-order chi connectivity index (χ1) is 14.5. The highest BCUT2D eigenvalue weighted by atomic mass is 16.3. The van der Waals surface area contributed by atoms with Crippen LogP contribution < -0.4 is 5.32 Å². The molecule has 2 fully saturated rings. The van der Waals surface area contributed by atoms with E-state index in [2.05, 4.69) is 5.32 Å². The van der Waals surface area contributed by atoms with Gasteiger partial charge in [0.15, 0.2) is 12.0 Å². The number of carbonyl (C=O) groups is 3. The van der Waals surface area contributed by atoms with Crippen molar-refractivity contribution in [3.8, 4) is 6.19 Å². The number of carbonyl (C=O) groups excluding carboxylic acids is 3. The maximum Gasteiger partial charge on any atom is 0.318 e. The van der Waals surface area contributed by atoms with Crippen molar-refractivity contribution in [1.82, 2.24) is 20.0 Å². The van der Waals surface area contributed by atoms with Crippen LogP contribution in [0.3, 0.4) is 0 Å². The number of nitrogens with zero attached hydrogens (tertiary/aromatic N) is 4. The topological polar surface area (TPSA) is 110 Å². The maximum atomic E-state index is 12.8. The van der Waals surface area contributed by atoms with E-state index in [9.17, 15) is 14.4 Å². The molecule has 1 aliphatic carbocycles. The van der Waals surface area contributed by atoms with Gasteiger partial charge in [-0.3, -0.25) is 14.5 Å². The van der Waals surface area contributed by atoms with E-state index >= 15 is 0 Å². The third-order valence-corrected chi connectivity index (χ3v) is 5.96.